The number of anilines is 3. The summed E-state index contributed by atoms with van der Waals surface area (Å²) in [6, 6.07) is 60.0. The van der Waals surface area contributed by atoms with Crippen molar-refractivity contribution in [2.75, 3.05) is 4.90 Å². The Labute approximate surface area is 301 Å². The molecule has 0 spiro atoms. The van der Waals surface area contributed by atoms with E-state index >= 15 is 0 Å². The third kappa shape index (κ3) is 4.73. The van der Waals surface area contributed by atoms with Crippen LogP contribution in [0.5, 0.6) is 0 Å². The summed E-state index contributed by atoms with van der Waals surface area (Å²) in [6.45, 7) is 4.73. The molecule has 0 aliphatic heterocycles. The van der Waals surface area contributed by atoms with Gasteiger partial charge < -0.3 is 4.90 Å². The van der Waals surface area contributed by atoms with Crippen LogP contribution in [-0.2, 0) is 5.41 Å². The van der Waals surface area contributed by atoms with Crippen LogP contribution in [0.2, 0.25) is 0 Å². The zero-order valence-corrected chi connectivity index (χ0v) is 29.3. The first-order chi connectivity index (χ1) is 25.0. The van der Waals surface area contributed by atoms with Gasteiger partial charge in [-0.1, -0.05) is 129 Å². The highest BCUT2D eigenvalue weighted by atomic mass is 32.1. The van der Waals surface area contributed by atoms with E-state index in [9.17, 15) is 0 Å². The number of thiophene rings is 1. The molecular formula is C48H34N2S. The molecule has 10 rings (SSSR count). The van der Waals surface area contributed by atoms with E-state index in [2.05, 4.69) is 176 Å². The third-order valence-electron chi connectivity index (χ3n) is 10.7. The largest absolute Gasteiger partial charge is 0.310 e. The second-order valence-corrected chi connectivity index (χ2v) is 15.1. The monoisotopic (exact) mass is 670 g/mol. The first-order valence-corrected chi connectivity index (χ1v) is 18.4. The molecule has 2 heterocycles. The van der Waals surface area contributed by atoms with Crippen LogP contribution in [0, 0.1) is 0 Å². The summed E-state index contributed by atoms with van der Waals surface area (Å²) >= 11 is 1.84. The summed E-state index contributed by atoms with van der Waals surface area (Å²) in [5.41, 5.74) is 14.5. The second kappa shape index (κ2) is 11.5. The van der Waals surface area contributed by atoms with Gasteiger partial charge >= 0.3 is 0 Å². The molecule has 7 aromatic carbocycles. The molecule has 0 amide bonds. The van der Waals surface area contributed by atoms with E-state index in [0.717, 1.165) is 16.9 Å². The lowest BCUT2D eigenvalue weighted by atomic mass is 9.81. The third-order valence-corrected chi connectivity index (χ3v) is 11.8. The van der Waals surface area contributed by atoms with Gasteiger partial charge in [0.1, 0.15) is 0 Å². The van der Waals surface area contributed by atoms with Gasteiger partial charge in [-0.05, 0) is 87.5 Å². The van der Waals surface area contributed by atoms with E-state index in [1.165, 1.54) is 75.8 Å². The van der Waals surface area contributed by atoms with Crippen molar-refractivity contribution in [3.05, 3.63) is 181 Å². The summed E-state index contributed by atoms with van der Waals surface area (Å²) < 4.78 is 2.51. The normalized spacial score (nSPS) is 13.1. The molecule has 0 atom stereocenters. The molecule has 242 valence electrons. The Bertz CT molecular complexity index is 2760. The number of nitrogens with zero attached hydrogens (tertiary/aromatic N) is 2. The van der Waals surface area contributed by atoms with E-state index in [-0.39, 0.29) is 5.41 Å². The van der Waals surface area contributed by atoms with Crippen molar-refractivity contribution in [1.82, 2.24) is 4.98 Å². The molecule has 9 aromatic rings. The van der Waals surface area contributed by atoms with Gasteiger partial charge in [-0.25, -0.2) is 0 Å². The number of fused-ring (bicyclic) bond motifs is 8. The fraction of sp³-hybridized carbons (Fsp3) is 0.0625. The molecule has 3 heteroatoms. The summed E-state index contributed by atoms with van der Waals surface area (Å²) in [4.78, 5) is 7.29. The van der Waals surface area contributed by atoms with Crippen LogP contribution in [-0.4, -0.2) is 4.98 Å². The first-order valence-electron chi connectivity index (χ1n) is 17.5. The van der Waals surface area contributed by atoms with Gasteiger partial charge in [-0.3, -0.25) is 4.98 Å². The van der Waals surface area contributed by atoms with Crippen LogP contribution in [0.15, 0.2) is 170 Å². The average molecular weight is 671 g/mol. The Morgan fingerprint density at radius 3 is 2.02 bits per heavy atom. The van der Waals surface area contributed by atoms with Crippen LogP contribution in [0.4, 0.5) is 17.1 Å². The van der Waals surface area contributed by atoms with Gasteiger partial charge in [-0.2, -0.15) is 0 Å². The number of rotatable bonds is 5. The van der Waals surface area contributed by atoms with Crippen molar-refractivity contribution in [2.45, 2.75) is 19.3 Å². The molecule has 0 saturated carbocycles. The Balaban J connectivity index is 1.24. The number of hydrogen-bond donors (Lipinski definition) is 0. The average Bonchev–Trinajstić information content (AvgIpc) is 3.67. The Hall–Kier alpha value is -6.03. The molecule has 1 aliphatic carbocycles. The molecule has 1 aliphatic rings. The lowest BCUT2D eigenvalue weighted by Gasteiger charge is -2.30. The summed E-state index contributed by atoms with van der Waals surface area (Å²) in [5, 5.41) is 3.65. The van der Waals surface area contributed by atoms with Crippen molar-refractivity contribution in [3.8, 4) is 33.4 Å². The van der Waals surface area contributed by atoms with Gasteiger partial charge in [0, 0.05) is 54.1 Å². The van der Waals surface area contributed by atoms with Crippen LogP contribution in [0.1, 0.15) is 25.0 Å². The number of aromatic nitrogens is 1. The predicted molar refractivity (Wildman–Crippen MR) is 218 cm³/mol. The SMILES string of the molecule is CC1(C)c2ccccc2-c2cc(-c3ccccc3)c(N(c3ccc(-c4ccccc4)cc3)c3ccc4c(c3)sc3ccc5cccnc5c34)cc21. The van der Waals surface area contributed by atoms with Crippen LogP contribution < -0.4 is 4.90 Å². The van der Waals surface area contributed by atoms with E-state index in [4.69, 9.17) is 4.98 Å². The topological polar surface area (TPSA) is 16.1 Å². The quantitative estimate of drug-likeness (QED) is 0.181. The minimum absolute atomic E-state index is 0.137. The minimum atomic E-state index is -0.137. The van der Waals surface area contributed by atoms with Crippen LogP contribution in [0.3, 0.4) is 0 Å². The van der Waals surface area contributed by atoms with Gasteiger partial charge in [0.25, 0.3) is 0 Å². The lowest BCUT2D eigenvalue weighted by molar-refractivity contribution is 0.660. The fourth-order valence-electron chi connectivity index (χ4n) is 8.16. The van der Waals surface area contributed by atoms with E-state index < -0.39 is 0 Å². The summed E-state index contributed by atoms with van der Waals surface area (Å²) in [7, 11) is 0. The van der Waals surface area contributed by atoms with Gasteiger partial charge in [0.05, 0.1) is 11.2 Å². The maximum Gasteiger partial charge on any atom is 0.0795 e. The zero-order valence-electron chi connectivity index (χ0n) is 28.5. The molecule has 0 N–H and O–H groups in total. The Morgan fingerprint density at radius 1 is 0.510 bits per heavy atom. The van der Waals surface area contributed by atoms with Crippen molar-refractivity contribution in [3.63, 3.8) is 0 Å². The highest BCUT2D eigenvalue weighted by Crippen LogP contribution is 2.54. The van der Waals surface area contributed by atoms with Gasteiger partial charge in [0.15, 0.2) is 0 Å². The van der Waals surface area contributed by atoms with E-state index in [1.807, 2.05) is 23.6 Å². The minimum Gasteiger partial charge on any atom is -0.310 e. The molecule has 2 aromatic heterocycles. The molecule has 0 unspecified atom stereocenters. The molecule has 2 nitrogen and oxygen atoms in total. The molecule has 0 bridgehead atoms. The molecule has 0 saturated heterocycles. The smallest absolute Gasteiger partial charge is 0.0795 e. The Kier molecular flexibility index (Phi) is 6.74. The summed E-state index contributed by atoms with van der Waals surface area (Å²) in [5.74, 6) is 0. The fourth-order valence-corrected chi connectivity index (χ4v) is 9.30. The van der Waals surface area contributed by atoms with Crippen molar-refractivity contribution >= 4 is 59.5 Å². The van der Waals surface area contributed by atoms with Crippen LogP contribution in [0.25, 0.3) is 64.5 Å². The molecule has 51 heavy (non-hydrogen) atoms. The number of pyridine rings is 1. The van der Waals surface area contributed by atoms with Crippen molar-refractivity contribution in [2.24, 2.45) is 0 Å². The maximum absolute atomic E-state index is 4.82. The van der Waals surface area contributed by atoms with Crippen molar-refractivity contribution in [1.29, 1.82) is 0 Å². The summed E-state index contributed by atoms with van der Waals surface area (Å²) in [6.07, 6.45) is 1.90. The van der Waals surface area contributed by atoms with Gasteiger partial charge in [0.2, 0.25) is 0 Å². The van der Waals surface area contributed by atoms with Crippen molar-refractivity contribution < 1.29 is 0 Å². The molecule has 0 radical (unpaired) electrons. The lowest BCUT2D eigenvalue weighted by Crippen LogP contribution is -2.17. The predicted octanol–water partition coefficient (Wildman–Crippen LogP) is 13.7. The number of hydrogen-bond acceptors (Lipinski definition) is 3. The van der Waals surface area contributed by atoms with Crippen LogP contribution >= 0.6 is 11.3 Å². The Morgan fingerprint density at radius 2 is 1.22 bits per heavy atom. The van der Waals surface area contributed by atoms with E-state index in [0.29, 0.717) is 0 Å². The molecule has 0 fully saturated rings. The zero-order chi connectivity index (χ0) is 34.1. The highest BCUT2D eigenvalue weighted by molar-refractivity contribution is 7.26. The molecular weight excluding hydrogens is 637 g/mol. The maximum atomic E-state index is 4.82. The standard InChI is InChI=1S/C48H34N2S/c1-48(2)41-18-10-9-17-37(41)40-29-39(33-14-7-4-8-15-33)43(30-42(40)48)50(35-22-19-32(20-23-35)31-12-5-3-6-13-31)36-24-25-38-45(28-36)51-44-26-21-34-16-11-27-49-47(34)46(38)44/h3-30H,1-2H3. The second-order valence-electron chi connectivity index (χ2n) is 14.0. The van der Waals surface area contributed by atoms with E-state index in [1.54, 1.807) is 0 Å². The highest BCUT2D eigenvalue weighted by Gasteiger charge is 2.37. The number of benzene rings is 7. The first kappa shape index (κ1) is 29.8. The van der Waals surface area contributed by atoms with Gasteiger partial charge in [-0.15, -0.1) is 11.3 Å².